The van der Waals surface area contributed by atoms with Crippen molar-refractivity contribution < 1.29 is 4.74 Å². The molecule has 0 aliphatic carbocycles. The molecule has 0 spiro atoms. The number of hydrogen-bond acceptors (Lipinski definition) is 2. The molecule has 3 nitrogen and oxygen atoms in total. The zero-order chi connectivity index (χ0) is 13.9. The van der Waals surface area contributed by atoms with Crippen molar-refractivity contribution in [3.63, 3.8) is 0 Å². The molecule has 0 bridgehead atoms. The van der Waals surface area contributed by atoms with Gasteiger partial charge in [-0.25, -0.2) is 4.99 Å². The highest BCUT2D eigenvalue weighted by Crippen LogP contribution is 2.20. The van der Waals surface area contributed by atoms with E-state index in [1.807, 2.05) is 12.1 Å². The molecule has 0 radical (unpaired) electrons. The maximum Gasteiger partial charge on any atom is 0.233 e. The number of aromatic nitrogens is 1. The number of nitrogens with zero attached hydrogens (tertiary/aromatic N) is 2. The van der Waals surface area contributed by atoms with Gasteiger partial charge in [-0.3, -0.25) is 0 Å². The lowest BCUT2D eigenvalue weighted by atomic mass is 10.2. The second-order valence-corrected chi connectivity index (χ2v) is 5.77. The molecule has 3 rings (SSSR count). The van der Waals surface area contributed by atoms with Crippen LogP contribution >= 0.6 is 15.9 Å². The van der Waals surface area contributed by atoms with Crippen LogP contribution in [-0.4, -0.2) is 23.1 Å². The van der Waals surface area contributed by atoms with Crippen LogP contribution in [-0.2, 0) is 11.3 Å². The van der Waals surface area contributed by atoms with Crippen LogP contribution in [0.3, 0.4) is 0 Å². The Hall–Kier alpha value is -1.55. The van der Waals surface area contributed by atoms with Crippen molar-refractivity contribution in [2.45, 2.75) is 25.9 Å². The third-order valence-corrected chi connectivity index (χ3v) is 4.30. The van der Waals surface area contributed by atoms with Crippen molar-refractivity contribution in [1.82, 2.24) is 4.57 Å². The molecule has 0 saturated heterocycles. The van der Waals surface area contributed by atoms with Gasteiger partial charge in [-0.2, -0.15) is 0 Å². The predicted molar refractivity (Wildman–Crippen MR) is 84.2 cm³/mol. The topological polar surface area (TPSA) is 26.5 Å². The normalized spacial score (nSPS) is 17.9. The number of ether oxygens (including phenoxy) is 1. The van der Waals surface area contributed by atoms with E-state index < -0.39 is 0 Å². The summed E-state index contributed by atoms with van der Waals surface area (Å²) in [6, 6.07) is 12.7. The second kappa shape index (κ2) is 5.83. The highest BCUT2D eigenvalue weighted by molar-refractivity contribution is 9.10. The van der Waals surface area contributed by atoms with Gasteiger partial charge in [0.15, 0.2) is 0 Å². The summed E-state index contributed by atoms with van der Waals surface area (Å²) < 4.78 is 9.03. The molecular weight excluding hydrogens is 316 g/mol. The van der Waals surface area contributed by atoms with E-state index in [-0.39, 0.29) is 0 Å². The molecule has 0 N–H and O–H groups in total. The SMILES string of the molecule is CC[C@H]1COC(c2cccn2Cc2ccccc2Br)=N1. The van der Waals surface area contributed by atoms with Crippen molar-refractivity contribution in [1.29, 1.82) is 0 Å². The number of aliphatic imine (C=N–C) groups is 1. The Labute approximate surface area is 127 Å². The summed E-state index contributed by atoms with van der Waals surface area (Å²) in [4.78, 5) is 4.64. The Kier molecular flexibility index (Phi) is 3.92. The molecule has 1 aromatic heterocycles. The fraction of sp³-hybridized carbons (Fsp3) is 0.312. The van der Waals surface area contributed by atoms with E-state index in [9.17, 15) is 0 Å². The lowest BCUT2D eigenvalue weighted by molar-refractivity contribution is 0.313. The van der Waals surface area contributed by atoms with Gasteiger partial charge in [-0.15, -0.1) is 0 Å². The van der Waals surface area contributed by atoms with E-state index in [0.29, 0.717) is 12.6 Å². The molecule has 0 fully saturated rings. The lowest BCUT2D eigenvalue weighted by Crippen LogP contribution is -2.10. The molecule has 0 saturated carbocycles. The second-order valence-electron chi connectivity index (χ2n) is 4.92. The van der Waals surface area contributed by atoms with Crippen molar-refractivity contribution in [2.24, 2.45) is 4.99 Å². The van der Waals surface area contributed by atoms with Crippen LogP contribution in [0.5, 0.6) is 0 Å². The minimum absolute atomic E-state index is 0.303. The Morgan fingerprint density at radius 1 is 1.30 bits per heavy atom. The fourth-order valence-corrected chi connectivity index (χ4v) is 2.73. The number of benzene rings is 1. The van der Waals surface area contributed by atoms with Crippen molar-refractivity contribution in [2.75, 3.05) is 6.61 Å². The van der Waals surface area contributed by atoms with E-state index in [1.165, 1.54) is 5.56 Å². The lowest BCUT2D eigenvalue weighted by Gasteiger charge is -2.10. The third kappa shape index (κ3) is 2.66. The Morgan fingerprint density at radius 2 is 2.15 bits per heavy atom. The summed E-state index contributed by atoms with van der Waals surface area (Å²) in [6.07, 6.45) is 3.09. The minimum atomic E-state index is 0.303. The van der Waals surface area contributed by atoms with Crippen LogP contribution in [0, 0.1) is 0 Å². The van der Waals surface area contributed by atoms with Crippen LogP contribution in [0.1, 0.15) is 24.6 Å². The van der Waals surface area contributed by atoms with Gasteiger partial charge in [0.1, 0.15) is 12.3 Å². The van der Waals surface area contributed by atoms with Crippen molar-refractivity contribution >= 4 is 21.8 Å². The molecule has 1 aliphatic rings. The summed E-state index contributed by atoms with van der Waals surface area (Å²) in [6.45, 7) is 3.65. The van der Waals surface area contributed by atoms with Gasteiger partial charge < -0.3 is 9.30 Å². The van der Waals surface area contributed by atoms with Gasteiger partial charge in [-0.05, 0) is 30.2 Å². The van der Waals surface area contributed by atoms with Gasteiger partial charge in [0.2, 0.25) is 5.90 Å². The standard InChI is InChI=1S/C16H17BrN2O/c1-2-13-11-20-16(18-13)15-8-5-9-19(15)10-12-6-3-4-7-14(12)17/h3-9,13H,2,10-11H2,1H3/t13-/m0/s1. The average Bonchev–Trinajstić information content (AvgIpc) is 3.09. The summed E-state index contributed by atoms with van der Waals surface area (Å²) in [5.41, 5.74) is 2.30. The van der Waals surface area contributed by atoms with Crippen LogP contribution in [0.25, 0.3) is 0 Å². The van der Waals surface area contributed by atoms with Gasteiger partial charge in [0.25, 0.3) is 0 Å². The molecule has 0 unspecified atom stereocenters. The summed E-state index contributed by atoms with van der Waals surface area (Å²) >= 11 is 3.60. The van der Waals surface area contributed by atoms with Crippen LogP contribution < -0.4 is 0 Å². The van der Waals surface area contributed by atoms with E-state index in [1.54, 1.807) is 0 Å². The largest absolute Gasteiger partial charge is 0.474 e. The van der Waals surface area contributed by atoms with Crippen LogP contribution in [0.2, 0.25) is 0 Å². The van der Waals surface area contributed by atoms with Crippen LogP contribution in [0.15, 0.2) is 52.1 Å². The van der Waals surface area contributed by atoms with Crippen LogP contribution in [0.4, 0.5) is 0 Å². The van der Waals surface area contributed by atoms with E-state index >= 15 is 0 Å². The first-order valence-electron chi connectivity index (χ1n) is 6.87. The Morgan fingerprint density at radius 3 is 2.90 bits per heavy atom. The quantitative estimate of drug-likeness (QED) is 0.835. The van der Waals surface area contributed by atoms with E-state index in [2.05, 4.69) is 62.9 Å². The number of rotatable bonds is 4. The minimum Gasteiger partial charge on any atom is -0.474 e. The van der Waals surface area contributed by atoms with Gasteiger partial charge in [-0.1, -0.05) is 41.1 Å². The first kappa shape index (κ1) is 13.4. The number of halogens is 1. The van der Waals surface area contributed by atoms with E-state index in [0.717, 1.165) is 29.0 Å². The maximum absolute atomic E-state index is 5.73. The predicted octanol–water partition coefficient (Wildman–Crippen LogP) is 3.85. The number of hydrogen-bond donors (Lipinski definition) is 0. The smallest absolute Gasteiger partial charge is 0.233 e. The average molecular weight is 333 g/mol. The Balaban J connectivity index is 1.86. The van der Waals surface area contributed by atoms with E-state index in [4.69, 9.17) is 4.74 Å². The fourth-order valence-electron chi connectivity index (χ4n) is 2.32. The monoisotopic (exact) mass is 332 g/mol. The molecule has 1 aliphatic heterocycles. The first-order valence-corrected chi connectivity index (χ1v) is 7.66. The third-order valence-electron chi connectivity index (χ3n) is 3.53. The molecule has 0 amide bonds. The molecule has 1 atom stereocenters. The van der Waals surface area contributed by atoms with Gasteiger partial charge in [0, 0.05) is 17.2 Å². The molecule has 2 aromatic rings. The summed E-state index contributed by atoms with van der Waals surface area (Å²) in [5.74, 6) is 0.772. The molecule has 4 heteroatoms. The molecule has 2 heterocycles. The summed E-state index contributed by atoms with van der Waals surface area (Å²) in [5, 5.41) is 0. The first-order chi connectivity index (χ1) is 9.78. The zero-order valence-corrected chi connectivity index (χ0v) is 13.0. The molecule has 104 valence electrons. The van der Waals surface area contributed by atoms with Crippen molar-refractivity contribution in [3.8, 4) is 0 Å². The summed E-state index contributed by atoms with van der Waals surface area (Å²) in [7, 11) is 0. The highest BCUT2D eigenvalue weighted by atomic mass is 79.9. The molecule has 20 heavy (non-hydrogen) atoms. The van der Waals surface area contributed by atoms with Crippen molar-refractivity contribution in [3.05, 3.63) is 58.3 Å². The maximum atomic E-state index is 5.73. The molecule has 1 aromatic carbocycles. The highest BCUT2D eigenvalue weighted by Gasteiger charge is 2.20. The van der Waals surface area contributed by atoms with Gasteiger partial charge in [0.05, 0.1) is 6.04 Å². The zero-order valence-electron chi connectivity index (χ0n) is 11.4. The molecular formula is C16H17BrN2O. The van der Waals surface area contributed by atoms with Gasteiger partial charge >= 0.3 is 0 Å². The Bertz CT molecular complexity index is 633.